The van der Waals surface area contributed by atoms with E-state index in [4.69, 9.17) is 25.0 Å². The van der Waals surface area contributed by atoms with Crippen molar-refractivity contribution in [2.45, 2.75) is 38.3 Å². The van der Waals surface area contributed by atoms with E-state index in [1.54, 1.807) is 11.2 Å². The molecule has 1 aliphatic heterocycles. The minimum absolute atomic E-state index is 0.174. The molecule has 10 nitrogen and oxygen atoms in total. The Labute approximate surface area is 235 Å². The van der Waals surface area contributed by atoms with E-state index in [0.717, 1.165) is 51.8 Å². The summed E-state index contributed by atoms with van der Waals surface area (Å²) in [6.45, 7) is 1.35. The van der Waals surface area contributed by atoms with Crippen LogP contribution in [0.15, 0.2) is 47.2 Å². The minimum Gasteiger partial charge on any atom is -0.491 e. The first-order valence-electron chi connectivity index (χ1n) is 14.1. The summed E-state index contributed by atoms with van der Waals surface area (Å²) in [6.07, 6.45) is 5.22. The number of nitrogens with zero attached hydrogens (tertiary/aromatic N) is 6. The molecule has 1 aliphatic carbocycles. The SMILES string of the molecule is Cn1c(-c2cc3cccc(OCCc4ccon4)c3n2CC2CC2)nc2cc3c(nc21)CCN(C[C@H](N)CF)C3=O. The lowest BCUT2D eigenvalue weighted by Gasteiger charge is -2.29. The molecule has 0 saturated heterocycles. The lowest BCUT2D eigenvalue weighted by Crippen LogP contribution is -2.45. The number of aromatic nitrogens is 5. The van der Waals surface area contributed by atoms with E-state index in [2.05, 4.69) is 21.9 Å². The van der Waals surface area contributed by atoms with Gasteiger partial charge in [0.25, 0.3) is 5.91 Å². The number of hydrogen-bond donors (Lipinski definition) is 1. The first-order valence-corrected chi connectivity index (χ1v) is 14.1. The third kappa shape index (κ3) is 4.73. The van der Waals surface area contributed by atoms with Crippen LogP contribution in [0.1, 0.15) is 34.6 Å². The highest BCUT2D eigenvalue weighted by Gasteiger charge is 2.30. The van der Waals surface area contributed by atoms with Crippen molar-refractivity contribution in [2.24, 2.45) is 18.7 Å². The summed E-state index contributed by atoms with van der Waals surface area (Å²) in [5, 5.41) is 5.06. The van der Waals surface area contributed by atoms with Gasteiger partial charge in [0, 0.05) is 51.0 Å². The molecular formula is C30H32FN7O3. The number of alkyl halides is 1. The van der Waals surface area contributed by atoms with Gasteiger partial charge in [-0.25, -0.2) is 14.4 Å². The lowest BCUT2D eigenvalue weighted by molar-refractivity contribution is 0.0723. The van der Waals surface area contributed by atoms with Crippen molar-refractivity contribution >= 4 is 28.0 Å². The summed E-state index contributed by atoms with van der Waals surface area (Å²) in [5.74, 6) is 2.05. The Hall–Kier alpha value is -4.25. The van der Waals surface area contributed by atoms with Gasteiger partial charge in [0.2, 0.25) is 0 Å². The zero-order valence-electron chi connectivity index (χ0n) is 22.9. The van der Waals surface area contributed by atoms with Crippen LogP contribution < -0.4 is 10.5 Å². The molecule has 0 unspecified atom stereocenters. The molecule has 2 aliphatic rings. The van der Waals surface area contributed by atoms with Crippen molar-refractivity contribution in [2.75, 3.05) is 26.4 Å². The molecule has 5 heterocycles. The van der Waals surface area contributed by atoms with Crippen molar-refractivity contribution in [3.05, 3.63) is 59.6 Å². The molecule has 0 radical (unpaired) electrons. The van der Waals surface area contributed by atoms with E-state index >= 15 is 0 Å². The van der Waals surface area contributed by atoms with Crippen molar-refractivity contribution in [1.29, 1.82) is 0 Å². The Morgan fingerprint density at radius 2 is 2.10 bits per heavy atom. The average Bonchev–Trinajstić information content (AvgIpc) is 3.35. The molecule has 11 heteroatoms. The Balaban J connectivity index is 1.27. The zero-order valence-corrected chi connectivity index (χ0v) is 22.9. The van der Waals surface area contributed by atoms with Gasteiger partial charge in [-0.1, -0.05) is 17.3 Å². The summed E-state index contributed by atoms with van der Waals surface area (Å²) < 4.78 is 28.6. The summed E-state index contributed by atoms with van der Waals surface area (Å²) in [5.41, 5.74) is 11.3. The normalized spacial score (nSPS) is 16.1. The van der Waals surface area contributed by atoms with E-state index in [9.17, 15) is 9.18 Å². The van der Waals surface area contributed by atoms with E-state index < -0.39 is 12.7 Å². The average molecular weight is 558 g/mol. The Bertz CT molecular complexity index is 1740. The number of ether oxygens (including phenoxy) is 1. The molecule has 1 aromatic carbocycles. The third-order valence-electron chi connectivity index (χ3n) is 8.07. The maximum atomic E-state index is 13.2. The second-order valence-electron chi connectivity index (χ2n) is 11.1. The van der Waals surface area contributed by atoms with Crippen molar-refractivity contribution in [3.63, 3.8) is 0 Å². The van der Waals surface area contributed by atoms with E-state index in [0.29, 0.717) is 43.0 Å². The molecule has 0 spiro atoms. The number of aryl methyl sites for hydroxylation is 1. The number of carbonyl (C=O) groups is 1. The van der Waals surface area contributed by atoms with E-state index in [-0.39, 0.29) is 12.5 Å². The molecule has 5 aromatic rings. The fraction of sp³-hybridized carbons (Fsp3) is 0.400. The van der Waals surface area contributed by atoms with Crippen LogP contribution >= 0.6 is 0 Å². The fourth-order valence-corrected chi connectivity index (χ4v) is 5.74. The van der Waals surface area contributed by atoms with Gasteiger partial charge >= 0.3 is 0 Å². The lowest BCUT2D eigenvalue weighted by atomic mass is 10.0. The second-order valence-corrected chi connectivity index (χ2v) is 11.1. The third-order valence-corrected chi connectivity index (χ3v) is 8.07. The molecule has 1 atom stereocenters. The number of pyridine rings is 1. The monoisotopic (exact) mass is 557 g/mol. The number of imidazole rings is 1. The zero-order chi connectivity index (χ0) is 28.1. The first-order chi connectivity index (χ1) is 20.0. The quantitative estimate of drug-likeness (QED) is 0.277. The molecule has 1 amide bonds. The molecule has 0 bridgehead atoms. The fourth-order valence-electron chi connectivity index (χ4n) is 5.74. The van der Waals surface area contributed by atoms with Gasteiger partial charge in [-0.05, 0) is 37.0 Å². The highest BCUT2D eigenvalue weighted by Crippen LogP contribution is 2.39. The van der Waals surface area contributed by atoms with Crippen LogP contribution in [0.25, 0.3) is 33.6 Å². The minimum atomic E-state index is -0.691. The highest BCUT2D eigenvalue weighted by molar-refractivity contribution is 5.99. The van der Waals surface area contributed by atoms with Gasteiger partial charge in [0.05, 0.1) is 40.8 Å². The van der Waals surface area contributed by atoms with Crippen LogP contribution in [-0.2, 0) is 26.4 Å². The molecule has 2 N–H and O–H groups in total. The molecule has 1 fully saturated rings. The van der Waals surface area contributed by atoms with Crippen LogP contribution in [-0.4, -0.2) is 67.5 Å². The molecule has 1 saturated carbocycles. The van der Waals surface area contributed by atoms with Crippen LogP contribution in [0, 0.1) is 5.92 Å². The predicted molar refractivity (Wildman–Crippen MR) is 151 cm³/mol. The number of carbonyl (C=O) groups excluding carboxylic acids is 1. The molecule has 41 heavy (non-hydrogen) atoms. The summed E-state index contributed by atoms with van der Waals surface area (Å²) in [6, 6.07) is 11.3. The Morgan fingerprint density at radius 3 is 2.88 bits per heavy atom. The molecular weight excluding hydrogens is 525 g/mol. The van der Waals surface area contributed by atoms with Gasteiger partial charge < -0.3 is 29.0 Å². The smallest absolute Gasteiger partial charge is 0.255 e. The maximum absolute atomic E-state index is 13.2. The number of benzene rings is 1. The summed E-state index contributed by atoms with van der Waals surface area (Å²) in [7, 11) is 1.97. The van der Waals surface area contributed by atoms with E-state index in [1.807, 2.05) is 35.9 Å². The topological polar surface area (TPSA) is 117 Å². The second kappa shape index (κ2) is 10.3. The van der Waals surface area contributed by atoms with Crippen molar-refractivity contribution in [3.8, 4) is 17.3 Å². The van der Waals surface area contributed by atoms with Crippen molar-refractivity contribution in [1.82, 2.24) is 29.2 Å². The molecule has 212 valence electrons. The maximum Gasteiger partial charge on any atom is 0.255 e. The number of nitrogens with two attached hydrogens (primary N) is 1. The number of halogens is 1. The van der Waals surface area contributed by atoms with Gasteiger partial charge in [0.1, 0.15) is 24.2 Å². The standard InChI is InChI=1S/C30H32FN7O3/c1-36-28-24(14-22-23(33-28)7-10-37(30(22)39)17-20(32)15-31)34-29(36)25-13-19-3-2-4-26(27(19)38(25)16-18-5-6-18)40-11-8-21-9-12-41-35-21/h2-4,9,12-14,18,20H,5-8,10-11,15-17,32H2,1H3/t20-/m1/s1. The summed E-state index contributed by atoms with van der Waals surface area (Å²) in [4.78, 5) is 24.7. The Kier molecular flexibility index (Phi) is 6.45. The van der Waals surface area contributed by atoms with Crippen LogP contribution in [0.4, 0.5) is 4.39 Å². The van der Waals surface area contributed by atoms with Crippen LogP contribution in [0.5, 0.6) is 5.75 Å². The predicted octanol–water partition coefficient (Wildman–Crippen LogP) is 3.90. The molecule has 4 aromatic heterocycles. The van der Waals surface area contributed by atoms with Crippen LogP contribution in [0.2, 0.25) is 0 Å². The van der Waals surface area contributed by atoms with Gasteiger partial charge in [-0.3, -0.25) is 4.79 Å². The largest absolute Gasteiger partial charge is 0.491 e. The van der Waals surface area contributed by atoms with Crippen molar-refractivity contribution < 1.29 is 18.4 Å². The van der Waals surface area contributed by atoms with Crippen LogP contribution in [0.3, 0.4) is 0 Å². The van der Waals surface area contributed by atoms with Gasteiger partial charge in [0.15, 0.2) is 11.5 Å². The number of amides is 1. The van der Waals surface area contributed by atoms with Gasteiger partial charge in [-0.2, -0.15) is 0 Å². The number of fused-ring (bicyclic) bond motifs is 3. The number of para-hydroxylation sites is 1. The summed E-state index contributed by atoms with van der Waals surface area (Å²) >= 11 is 0. The number of rotatable bonds is 10. The van der Waals surface area contributed by atoms with Gasteiger partial charge in [-0.15, -0.1) is 0 Å². The first kappa shape index (κ1) is 25.7. The Morgan fingerprint density at radius 1 is 1.22 bits per heavy atom. The highest BCUT2D eigenvalue weighted by atomic mass is 19.1. The molecule has 7 rings (SSSR count). The number of hydrogen-bond acceptors (Lipinski definition) is 7. The van der Waals surface area contributed by atoms with E-state index in [1.165, 1.54) is 12.8 Å².